The zero-order valence-corrected chi connectivity index (χ0v) is 39.5. The van der Waals surface area contributed by atoms with Crippen molar-refractivity contribution in [3.05, 3.63) is 180 Å². The van der Waals surface area contributed by atoms with Gasteiger partial charge in [-0.2, -0.15) is 0 Å². The summed E-state index contributed by atoms with van der Waals surface area (Å²) >= 11 is 0.106. The van der Waals surface area contributed by atoms with E-state index in [0.29, 0.717) is 23.7 Å². The maximum absolute atomic E-state index is 6.44. The van der Waals surface area contributed by atoms with E-state index < -0.39 is 14.1 Å². The first kappa shape index (κ1) is 40.9. The fourth-order valence-corrected chi connectivity index (χ4v) is 25.1. The summed E-state index contributed by atoms with van der Waals surface area (Å²) in [6.45, 7) is 18.5. The van der Waals surface area contributed by atoms with Crippen molar-refractivity contribution in [1.29, 1.82) is 0 Å². The summed E-state index contributed by atoms with van der Waals surface area (Å²) in [5.74, 6) is 1.27. The topological polar surface area (TPSA) is 24.7 Å². The molecule has 0 N–H and O–H groups in total. The minimum absolute atomic E-state index is 0.106. The van der Waals surface area contributed by atoms with Crippen LogP contribution in [0.25, 0.3) is 0 Å². The predicted molar refractivity (Wildman–Crippen MR) is 242 cm³/mol. The van der Waals surface area contributed by atoms with Gasteiger partial charge in [0.05, 0.1) is 0 Å². The van der Waals surface area contributed by atoms with Crippen molar-refractivity contribution in [2.45, 2.75) is 79.1 Å². The zero-order valence-electron chi connectivity index (χ0n) is 33.3. The number of hydrogen-bond acceptors (Lipinski definition) is 2. The van der Waals surface area contributed by atoms with Gasteiger partial charge in [-0.25, -0.2) is 0 Å². The van der Waals surface area contributed by atoms with Crippen LogP contribution < -0.4 is 21.2 Å². The van der Waals surface area contributed by atoms with Gasteiger partial charge in [-0.15, -0.1) is 0 Å². The van der Waals surface area contributed by atoms with Crippen LogP contribution in [0.3, 0.4) is 0 Å². The van der Waals surface area contributed by atoms with Crippen LogP contribution in [-0.2, 0) is 0 Å². The van der Waals surface area contributed by atoms with Crippen molar-refractivity contribution in [1.82, 2.24) is 0 Å². The second-order valence-corrected chi connectivity index (χ2v) is 27.8. The van der Waals surface area contributed by atoms with E-state index in [0.717, 1.165) is 11.4 Å². The van der Waals surface area contributed by atoms with Gasteiger partial charge in [-0.05, 0) is 0 Å². The van der Waals surface area contributed by atoms with Gasteiger partial charge in [0.1, 0.15) is 0 Å². The van der Waals surface area contributed by atoms with Crippen molar-refractivity contribution >= 4 is 92.1 Å². The molecule has 54 heavy (non-hydrogen) atoms. The zero-order chi connectivity index (χ0) is 38.5. The molecule has 0 spiro atoms. The molecule has 272 valence electrons. The van der Waals surface area contributed by atoms with E-state index in [9.17, 15) is 0 Å². The quantitative estimate of drug-likeness (QED) is 0.0865. The van der Waals surface area contributed by atoms with Crippen LogP contribution in [0.4, 0.5) is 11.4 Å². The first-order valence-electron chi connectivity index (χ1n) is 19.4. The van der Waals surface area contributed by atoms with Gasteiger partial charge >= 0.3 is 361 Å². The molecular weight excluding hydrogens is 816 g/mol. The Morgan fingerprint density at radius 3 is 0.778 bits per heavy atom. The van der Waals surface area contributed by atoms with Gasteiger partial charge in [0.15, 0.2) is 0 Å². The van der Waals surface area contributed by atoms with E-state index in [1.807, 2.05) is 0 Å². The number of nitrogens with zero attached hydrogens (tertiary/aromatic N) is 2. The van der Waals surface area contributed by atoms with E-state index in [-0.39, 0.29) is 46.0 Å². The van der Waals surface area contributed by atoms with Gasteiger partial charge in [0.25, 0.3) is 0 Å². The molecule has 0 fully saturated rings. The van der Waals surface area contributed by atoms with Crippen LogP contribution in [0.2, 0.25) is 0 Å². The summed E-state index contributed by atoms with van der Waals surface area (Å²) in [4.78, 5) is 0. The van der Waals surface area contributed by atoms with Crippen LogP contribution in [0, 0.1) is 0 Å². The fourth-order valence-electron chi connectivity index (χ4n) is 7.58. The number of benzene rings is 6. The summed E-state index contributed by atoms with van der Waals surface area (Å²) in [5, 5.41) is 5.17. The molecule has 0 radical (unpaired) electrons. The third-order valence-electron chi connectivity index (χ3n) is 10.5. The summed E-state index contributed by atoms with van der Waals surface area (Å²) in [7, 11) is -5.46. The SMILES string of the molecule is CC(C)c1cccc(C(C)C)c1N=P([C](=[Ba])P(=Nc1c(C(C)C)cccc1C(C)C)(c1ccccc1)c1ccccc1)(c1ccccc1)c1ccccc1. The number of hydrogen-bond donors (Lipinski definition) is 0. The van der Waals surface area contributed by atoms with Crippen LogP contribution in [0.1, 0.15) is 101 Å². The van der Waals surface area contributed by atoms with Gasteiger partial charge < -0.3 is 0 Å². The van der Waals surface area contributed by atoms with Gasteiger partial charge in [-0.1, -0.05) is 0 Å². The molecule has 2 nitrogen and oxygen atoms in total. The molecule has 6 aromatic carbocycles. The Labute approximate surface area is 357 Å². The molecule has 5 heteroatoms. The second kappa shape index (κ2) is 18.0. The van der Waals surface area contributed by atoms with E-state index in [2.05, 4.69) is 213 Å². The third kappa shape index (κ3) is 8.05. The molecule has 0 heterocycles. The average molecular weight is 870 g/mol. The Hall–Kier alpha value is -2.78. The van der Waals surface area contributed by atoms with Crippen molar-refractivity contribution in [3.63, 3.8) is 0 Å². The van der Waals surface area contributed by atoms with Crippen molar-refractivity contribution < 1.29 is 0 Å². The summed E-state index contributed by atoms with van der Waals surface area (Å²) < 4.78 is 14.4. The second-order valence-electron chi connectivity index (χ2n) is 15.4. The molecule has 6 aromatic rings. The molecule has 0 unspecified atom stereocenters. The van der Waals surface area contributed by atoms with Crippen LogP contribution >= 0.6 is 14.1 Å². The normalized spacial score (nSPS) is 12.1. The first-order chi connectivity index (χ1) is 26.0. The fraction of sp³-hybridized carbons (Fsp3) is 0.245. The Kier molecular flexibility index (Phi) is 13.6. The van der Waals surface area contributed by atoms with E-state index >= 15 is 0 Å². The monoisotopic (exact) mass is 870 g/mol. The molecule has 0 aliphatic rings. The molecule has 0 amide bonds. The van der Waals surface area contributed by atoms with Crippen LogP contribution in [0.5, 0.6) is 0 Å². The van der Waals surface area contributed by atoms with Crippen LogP contribution in [-0.4, -0.2) is 45.4 Å². The van der Waals surface area contributed by atoms with Gasteiger partial charge in [0, 0.05) is 0 Å². The predicted octanol–water partition coefficient (Wildman–Crippen LogP) is 13.1. The summed E-state index contributed by atoms with van der Waals surface area (Å²) in [6.07, 6.45) is 0. The van der Waals surface area contributed by atoms with Crippen LogP contribution in [0.15, 0.2) is 167 Å². The Bertz CT molecular complexity index is 2010. The van der Waals surface area contributed by atoms with Crippen molar-refractivity contribution in [3.8, 4) is 0 Å². The average Bonchev–Trinajstić information content (AvgIpc) is 3.19. The first-order valence-corrected chi connectivity index (χ1v) is 25.2. The third-order valence-corrected chi connectivity index (χ3v) is 27.5. The minimum atomic E-state index is -2.73. The summed E-state index contributed by atoms with van der Waals surface area (Å²) in [5.41, 5.74) is 7.57. The van der Waals surface area contributed by atoms with Gasteiger partial charge in [0.2, 0.25) is 0 Å². The molecule has 0 saturated heterocycles. The Morgan fingerprint density at radius 1 is 0.352 bits per heavy atom. The van der Waals surface area contributed by atoms with E-state index in [1.165, 1.54) is 42.9 Å². The van der Waals surface area contributed by atoms with E-state index in [4.69, 9.17) is 9.49 Å². The molecule has 0 bridgehead atoms. The van der Waals surface area contributed by atoms with E-state index in [1.54, 1.807) is 0 Å². The molecule has 0 atom stereocenters. The molecule has 6 rings (SSSR count). The summed E-state index contributed by atoms with van der Waals surface area (Å²) in [6, 6.07) is 58.9. The molecule has 0 saturated carbocycles. The van der Waals surface area contributed by atoms with Gasteiger partial charge in [-0.3, -0.25) is 0 Å². The van der Waals surface area contributed by atoms with Crippen molar-refractivity contribution in [2.75, 3.05) is 0 Å². The number of rotatable bonds is 12. The maximum atomic E-state index is 6.44. The Balaban J connectivity index is 1.95. The Morgan fingerprint density at radius 2 is 0.574 bits per heavy atom. The molecule has 0 aliphatic carbocycles. The molecule has 0 aromatic heterocycles. The van der Waals surface area contributed by atoms with Crippen molar-refractivity contribution in [2.24, 2.45) is 9.49 Å². The standard InChI is InChI=1S/C49H54N2P2.Ba/c1-36(2)44-31-21-32-45(37(3)4)48(44)50-52(40-23-13-9-14-24-40,41-25-15-10-16-26-41)35-53(42-27-17-11-18-28-42,43-29-19-12-20-30-43)51-49-46(38(5)6)33-22-34-47(49)39(7)8;/h9-34,36-39H,1-8H3;. The molecule has 0 aliphatic heterocycles. The molecular formula is C49H54BaN2P2.